The Labute approximate surface area is 189 Å². The highest BCUT2D eigenvalue weighted by molar-refractivity contribution is 7.89. The van der Waals surface area contributed by atoms with Crippen LogP contribution in [0.5, 0.6) is 0 Å². The van der Waals surface area contributed by atoms with Crippen molar-refractivity contribution in [3.05, 3.63) is 0 Å². The van der Waals surface area contributed by atoms with Gasteiger partial charge in [-0.3, -0.25) is 0 Å². The van der Waals surface area contributed by atoms with E-state index < -0.39 is 15.6 Å². The standard InChI is InChI=1S/C23H43N3O4S/c1-5-31(28,29)24-16-19-6-9-23(10-7-19)11-14-25(15-12-23)17-20-8-13-26(18-20)21(27)30-22(2,3)4/h19-20,24H,5-18H2,1-4H3/t20-/m0/s1. The van der Waals surface area contributed by atoms with Crippen LogP contribution in [0, 0.1) is 17.3 Å². The van der Waals surface area contributed by atoms with E-state index in [-0.39, 0.29) is 11.8 Å². The highest BCUT2D eigenvalue weighted by atomic mass is 32.2. The number of rotatable bonds is 6. The van der Waals surface area contributed by atoms with Gasteiger partial charge in [-0.25, -0.2) is 17.9 Å². The summed E-state index contributed by atoms with van der Waals surface area (Å²) in [4.78, 5) is 16.8. The van der Waals surface area contributed by atoms with Gasteiger partial charge in [0.25, 0.3) is 0 Å². The molecule has 2 aliphatic heterocycles. The molecule has 0 aromatic carbocycles. The minimum atomic E-state index is -3.08. The molecule has 1 N–H and O–H groups in total. The first-order valence-electron chi connectivity index (χ1n) is 12.2. The van der Waals surface area contributed by atoms with E-state index in [1.807, 2.05) is 25.7 Å². The molecular weight excluding hydrogens is 414 g/mol. The molecule has 0 aromatic heterocycles. The molecule has 7 nitrogen and oxygen atoms in total. The maximum Gasteiger partial charge on any atom is 0.410 e. The van der Waals surface area contributed by atoms with Crippen LogP contribution in [0.3, 0.4) is 0 Å². The van der Waals surface area contributed by atoms with Gasteiger partial charge in [0.2, 0.25) is 10.0 Å². The number of nitrogens with zero attached hydrogens (tertiary/aromatic N) is 2. The summed E-state index contributed by atoms with van der Waals surface area (Å²) in [6, 6.07) is 0. The van der Waals surface area contributed by atoms with Crippen LogP contribution in [0.25, 0.3) is 0 Å². The molecule has 0 unspecified atom stereocenters. The Morgan fingerprint density at radius 1 is 1.03 bits per heavy atom. The molecule has 0 radical (unpaired) electrons. The van der Waals surface area contributed by atoms with Crippen molar-refractivity contribution in [3.8, 4) is 0 Å². The second-order valence-electron chi connectivity index (χ2n) is 11.1. The minimum absolute atomic E-state index is 0.163. The summed E-state index contributed by atoms with van der Waals surface area (Å²) in [5, 5.41) is 0. The molecule has 0 aromatic rings. The maximum absolute atomic E-state index is 12.3. The molecule has 1 amide bonds. The average molecular weight is 458 g/mol. The first kappa shape index (κ1) is 24.8. The molecule has 1 spiro atoms. The van der Waals surface area contributed by atoms with Crippen LogP contribution in [0.4, 0.5) is 4.79 Å². The normalized spacial score (nSPS) is 25.8. The summed E-state index contributed by atoms with van der Waals surface area (Å²) >= 11 is 0. The number of carbonyl (C=O) groups excluding carboxylic acids is 1. The quantitative estimate of drug-likeness (QED) is 0.661. The second kappa shape index (κ2) is 9.96. The zero-order valence-electron chi connectivity index (χ0n) is 20.0. The Kier molecular flexibility index (Phi) is 7.96. The van der Waals surface area contributed by atoms with Gasteiger partial charge in [-0.2, -0.15) is 0 Å². The molecule has 1 atom stereocenters. The van der Waals surface area contributed by atoms with Crippen molar-refractivity contribution in [2.45, 2.75) is 78.2 Å². The van der Waals surface area contributed by atoms with Gasteiger partial charge in [0, 0.05) is 26.2 Å². The Balaban J connectivity index is 1.36. The number of amides is 1. The van der Waals surface area contributed by atoms with Crippen LogP contribution in [0.1, 0.15) is 72.6 Å². The van der Waals surface area contributed by atoms with Crippen molar-refractivity contribution in [1.82, 2.24) is 14.5 Å². The molecule has 31 heavy (non-hydrogen) atoms. The topological polar surface area (TPSA) is 79.0 Å². The smallest absolute Gasteiger partial charge is 0.410 e. The van der Waals surface area contributed by atoms with E-state index in [1.54, 1.807) is 6.92 Å². The molecule has 2 heterocycles. The zero-order chi connectivity index (χ0) is 22.7. The fourth-order valence-corrected chi connectivity index (χ4v) is 6.08. The van der Waals surface area contributed by atoms with Gasteiger partial charge in [0.05, 0.1) is 5.75 Å². The molecule has 8 heteroatoms. The summed E-state index contributed by atoms with van der Waals surface area (Å²) in [5.41, 5.74) is 0.0323. The van der Waals surface area contributed by atoms with Crippen molar-refractivity contribution in [2.24, 2.45) is 17.3 Å². The predicted molar refractivity (Wildman–Crippen MR) is 123 cm³/mol. The Hall–Kier alpha value is -0.860. The van der Waals surface area contributed by atoms with Gasteiger partial charge in [-0.15, -0.1) is 0 Å². The number of piperidine rings is 1. The minimum Gasteiger partial charge on any atom is -0.444 e. The lowest BCUT2D eigenvalue weighted by molar-refractivity contribution is 0.0273. The molecule has 3 aliphatic rings. The van der Waals surface area contributed by atoms with E-state index in [0.29, 0.717) is 23.8 Å². The highest BCUT2D eigenvalue weighted by Gasteiger charge is 2.39. The Morgan fingerprint density at radius 3 is 2.26 bits per heavy atom. The van der Waals surface area contributed by atoms with Crippen molar-refractivity contribution >= 4 is 16.1 Å². The monoisotopic (exact) mass is 457 g/mol. The van der Waals surface area contributed by atoms with Crippen molar-refractivity contribution in [1.29, 1.82) is 0 Å². The Morgan fingerprint density at radius 2 is 1.68 bits per heavy atom. The molecule has 2 saturated heterocycles. The van der Waals surface area contributed by atoms with E-state index >= 15 is 0 Å². The third-order valence-corrected chi connectivity index (χ3v) is 8.88. The molecule has 3 rings (SSSR count). The molecule has 0 bridgehead atoms. The largest absolute Gasteiger partial charge is 0.444 e. The molecular formula is C23H43N3O4S. The van der Waals surface area contributed by atoms with Gasteiger partial charge < -0.3 is 14.5 Å². The summed E-state index contributed by atoms with van der Waals surface area (Å²) in [7, 11) is -3.08. The van der Waals surface area contributed by atoms with E-state index in [2.05, 4.69) is 9.62 Å². The van der Waals surface area contributed by atoms with E-state index in [9.17, 15) is 13.2 Å². The van der Waals surface area contributed by atoms with Gasteiger partial charge in [0.15, 0.2) is 0 Å². The van der Waals surface area contributed by atoms with Crippen molar-refractivity contribution in [2.75, 3.05) is 45.0 Å². The summed E-state index contributed by atoms with van der Waals surface area (Å²) < 4.78 is 31.7. The van der Waals surface area contributed by atoms with Crippen LogP contribution in [0.15, 0.2) is 0 Å². The summed E-state index contributed by atoms with van der Waals surface area (Å²) in [6.07, 6.45) is 8.14. The molecule has 1 aliphatic carbocycles. The number of sulfonamides is 1. The SMILES string of the molecule is CCS(=O)(=O)NCC1CCC2(CC1)CCN(C[C@@H]1CCN(C(=O)OC(C)(C)C)C1)CC2. The van der Waals surface area contributed by atoms with Gasteiger partial charge in [-0.05, 0) is 103 Å². The van der Waals surface area contributed by atoms with Crippen molar-refractivity contribution in [3.63, 3.8) is 0 Å². The number of hydrogen-bond acceptors (Lipinski definition) is 5. The number of likely N-dealkylation sites (tertiary alicyclic amines) is 2. The third-order valence-electron chi connectivity index (χ3n) is 7.51. The lowest BCUT2D eigenvalue weighted by Crippen LogP contribution is -2.44. The number of ether oxygens (including phenoxy) is 1. The number of hydrogen-bond donors (Lipinski definition) is 1. The van der Waals surface area contributed by atoms with E-state index in [4.69, 9.17) is 4.74 Å². The van der Waals surface area contributed by atoms with Crippen molar-refractivity contribution < 1.29 is 17.9 Å². The molecule has 1 saturated carbocycles. The van der Waals surface area contributed by atoms with Crippen LogP contribution in [-0.2, 0) is 14.8 Å². The second-order valence-corrected chi connectivity index (χ2v) is 13.2. The average Bonchev–Trinajstić information content (AvgIpc) is 3.17. The van der Waals surface area contributed by atoms with Gasteiger partial charge >= 0.3 is 6.09 Å². The Bertz CT molecular complexity index is 701. The first-order chi connectivity index (χ1) is 14.5. The highest BCUT2D eigenvalue weighted by Crippen LogP contribution is 2.46. The molecule has 3 fully saturated rings. The number of nitrogens with one attached hydrogen (secondary N) is 1. The lowest BCUT2D eigenvalue weighted by atomic mass is 9.65. The number of carbonyl (C=O) groups is 1. The fourth-order valence-electron chi connectivity index (χ4n) is 5.39. The van der Waals surface area contributed by atoms with Crippen LogP contribution >= 0.6 is 0 Å². The van der Waals surface area contributed by atoms with Gasteiger partial charge in [0.1, 0.15) is 5.60 Å². The predicted octanol–water partition coefficient (Wildman–Crippen LogP) is 3.46. The maximum atomic E-state index is 12.3. The van der Waals surface area contributed by atoms with Crippen LogP contribution in [0.2, 0.25) is 0 Å². The van der Waals surface area contributed by atoms with Crippen LogP contribution < -0.4 is 4.72 Å². The summed E-state index contributed by atoms with van der Waals surface area (Å²) in [5.74, 6) is 1.20. The van der Waals surface area contributed by atoms with E-state index in [1.165, 1.54) is 25.7 Å². The lowest BCUT2D eigenvalue weighted by Gasteiger charge is -2.46. The fraction of sp³-hybridized carbons (Fsp3) is 0.957. The summed E-state index contributed by atoms with van der Waals surface area (Å²) in [6.45, 7) is 13.0. The van der Waals surface area contributed by atoms with Crippen LogP contribution in [-0.4, -0.2) is 74.9 Å². The first-order valence-corrected chi connectivity index (χ1v) is 13.8. The molecule has 180 valence electrons. The zero-order valence-corrected chi connectivity index (χ0v) is 20.8. The van der Waals surface area contributed by atoms with Gasteiger partial charge in [-0.1, -0.05) is 0 Å². The van der Waals surface area contributed by atoms with E-state index in [0.717, 1.165) is 52.0 Å². The third kappa shape index (κ3) is 7.32.